The number of hydrogen-bond acceptors (Lipinski definition) is 2. The van der Waals surface area contributed by atoms with Crippen molar-refractivity contribution in [2.75, 3.05) is 13.1 Å². The number of carbonyl (C=O) groups excluding carboxylic acids is 1. The summed E-state index contributed by atoms with van der Waals surface area (Å²) < 4.78 is 0. The third-order valence-corrected chi connectivity index (χ3v) is 3.89. The molecule has 0 saturated carbocycles. The lowest BCUT2D eigenvalue weighted by molar-refractivity contribution is -0.121. The highest BCUT2D eigenvalue weighted by atomic mass is 16.1. The monoisotopic (exact) mass is 260 g/mol. The summed E-state index contributed by atoms with van der Waals surface area (Å²) in [6.45, 7) is 6.06. The predicted molar refractivity (Wildman–Crippen MR) is 78.2 cm³/mol. The number of hydrogen-bond donors (Lipinski definition) is 2. The normalized spacial score (nSPS) is 22.4. The van der Waals surface area contributed by atoms with Crippen molar-refractivity contribution in [3.05, 3.63) is 35.4 Å². The third-order valence-electron chi connectivity index (χ3n) is 3.89. The van der Waals surface area contributed by atoms with Crippen LogP contribution in [0.4, 0.5) is 0 Å². The molecule has 104 valence electrons. The van der Waals surface area contributed by atoms with E-state index in [0.29, 0.717) is 6.42 Å². The molecule has 2 rings (SSSR count). The molecule has 1 unspecified atom stereocenters. The Morgan fingerprint density at radius 1 is 1.37 bits per heavy atom. The highest BCUT2D eigenvalue weighted by molar-refractivity contribution is 5.76. The Morgan fingerprint density at radius 2 is 2.11 bits per heavy atom. The van der Waals surface area contributed by atoms with Gasteiger partial charge in [0.2, 0.25) is 5.91 Å². The van der Waals surface area contributed by atoms with E-state index in [0.717, 1.165) is 25.9 Å². The first kappa shape index (κ1) is 14.1. The number of amides is 1. The first-order valence-electron chi connectivity index (χ1n) is 7.15. The molecule has 1 aromatic rings. The fourth-order valence-corrected chi connectivity index (χ4v) is 2.50. The Hall–Kier alpha value is -1.35. The van der Waals surface area contributed by atoms with Gasteiger partial charge in [-0.3, -0.25) is 4.79 Å². The van der Waals surface area contributed by atoms with E-state index in [4.69, 9.17) is 0 Å². The molecule has 1 aliphatic rings. The second kappa shape index (κ2) is 6.20. The van der Waals surface area contributed by atoms with Crippen molar-refractivity contribution in [3.8, 4) is 0 Å². The molecule has 0 radical (unpaired) electrons. The van der Waals surface area contributed by atoms with Gasteiger partial charge in [0.15, 0.2) is 0 Å². The summed E-state index contributed by atoms with van der Waals surface area (Å²) in [6, 6.07) is 8.39. The molecule has 2 N–H and O–H groups in total. The van der Waals surface area contributed by atoms with Crippen molar-refractivity contribution in [2.24, 2.45) is 0 Å². The van der Waals surface area contributed by atoms with Crippen molar-refractivity contribution in [1.82, 2.24) is 10.6 Å². The SMILES string of the molecule is Cc1ccc(CCC(=O)NCC2(C)CCCN2)cc1. The fraction of sp³-hybridized carbons (Fsp3) is 0.562. The van der Waals surface area contributed by atoms with Gasteiger partial charge in [-0.25, -0.2) is 0 Å². The number of aryl methyl sites for hydroxylation is 2. The van der Waals surface area contributed by atoms with Gasteiger partial charge in [0.05, 0.1) is 0 Å². The van der Waals surface area contributed by atoms with E-state index in [1.54, 1.807) is 0 Å². The first-order valence-corrected chi connectivity index (χ1v) is 7.15. The maximum Gasteiger partial charge on any atom is 0.220 e. The number of nitrogens with one attached hydrogen (secondary N) is 2. The minimum absolute atomic E-state index is 0.0967. The van der Waals surface area contributed by atoms with Crippen LogP contribution in [0, 0.1) is 6.92 Å². The van der Waals surface area contributed by atoms with Crippen LogP contribution in [0.15, 0.2) is 24.3 Å². The van der Waals surface area contributed by atoms with Gasteiger partial charge in [-0.15, -0.1) is 0 Å². The molecule has 1 aromatic carbocycles. The van der Waals surface area contributed by atoms with Crippen LogP contribution >= 0.6 is 0 Å². The van der Waals surface area contributed by atoms with Gasteiger partial charge in [-0.05, 0) is 45.2 Å². The van der Waals surface area contributed by atoms with E-state index in [-0.39, 0.29) is 11.4 Å². The van der Waals surface area contributed by atoms with Crippen molar-refractivity contribution >= 4 is 5.91 Å². The van der Waals surface area contributed by atoms with E-state index >= 15 is 0 Å². The lowest BCUT2D eigenvalue weighted by atomic mass is 10.0. The molecule has 1 heterocycles. The summed E-state index contributed by atoms with van der Waals surface area (Å²) in [5.41, 5.74) is 2.58. The van der Waals surface area contributed by atoms with Crippen molar-refractivity contribution in [2.45, 2.75) is 45.1 Å². The molecule has 19 heavy (non-hydrogen) atoms. The van der Waals surface area contributed by atoms with Crippen LogP contribution in [0.5, 0.6) is 0 Å². The molecule has 1 aliphatic heterocycles. The zero-order chi connectivity index (χ0) is 13.7. The first-order chi connectivity index (χ1) is 9.07. The summed E-state index contributed by atoms with van der Waals surface area (Å²) in [5.74, 6) is 0.149. The summed E-state index contributed by atoms with van der Waals surface area (Å²) >= 11 is 0. The van der Waals surface area contributed by atoms with Crippen LogP contribution in [0.2, 0.25) is 0 Å². The largest absolute Gasteiger partial charge is 0.354 e. The molecule has 3 nitrogen and oxygen atoms in total. The topological polar surface area (TPSA) is 41.1 Å². The molecule has 0 spiro atoms. The van der Waals surface area contributed by atoms with Crippen LogP contribution in [0.3, 0.4) is 0 Å². The van der Waals surface area contributed by atoms with Gasteiger partial charge in [0, 0.05) is 18.5 Å². The molecule has 0 aliphatic carbocycles. The molecular weight excluding hydrogens is 236 g/mol. The van der Waals surface area contributed by atoms with Gasteiger partial charge < -0.3 is 10.6 Å². The Morgan fingerprint density at radius 3 is 2.74 bits per heavy atom. The van der Waals surface area contributed by atoms with Crippen LogP contribution in [-0.2, 0) is 11.2 Å². The highest BCUT2D eigenvalue weighted by Gasteiger charge is 2.27. The minimum Gasteiger partial charge on any atom is -0.354 e. The molecule has 0 aromatic heterocycles. The molecule has 0 bridgehead atoms. The maximum absolute atomic E-state index is 11.8. The van der Waals surface area contributed by atoms with E-state index in [1.807, 2.05) is 0 Å². The van der Waals surface area contributed by atoms with Crippen LogP contribution in [-0.4, -0.2) is 24.5 Å². The van der Waals surface area contributed by atoms with Gasteiger partial charge in [0.25, 0.3) is 0 Å². The van der Waals surface area contributed by atoms with E-state index < -0.39 is 0 Å². The van der Waals surface area contributed by atoms with Crippen molar-refractivity contribution in [1.29, 1.82) is 0 Å². The molecule has 1 atom stereocenters. The van der Waals surface area contributed by atoms with Crippen molar-refractivity contribution in [3.63, 3.8) is 0 Å². The number of benzene rings is 1. The van der Waals surface area contributed by atoms with Crippen LogP contribution in [0.1, 0.15) is 37.3 Å². The zero-order valence-corrected chi connectivity index (χ0v) is 12.0. The van der Waals surface area contributed by atoms with Gasteiger partial charge in [-0.1, -0.05) is 29.8 Å². The lowest BCUT2D eigenvalue weighted by Gasteiger charge is -2.24. The van der Waals surface area contributed by atoms with E-state index in [1.165, 1.54) is 17.5 Å². The summed E-state index contributed by atoms with van der Waals surface area (Å²) in [5, 5.41) is 6.50. The molecule has 3 heteroatoms. The fourth-order valence-electron chi connectivity index (χ4n) is 2.50. The highest BCUT2D eigenvalue weighted by Crippen LogP contribution is 2.17. The second-order valence-electron chi connectivity index (χ2n) is 5.85. The third kappa shape index (κ3) is 4.35. The van der Waals surface area contributed by atoms with Crippen molar-refractivity contribution < 1.29 is 4.79 Å². The number of carbonyl (C=O) groups is 1. The second-order valence-corrected chi connectivity index (χ2v) is 5.85. The number of rotatable bonds is 5. The quantitative estimate of drug-likeness (QED) is 0.852. The van der Waals surface area contributed by atoms with Gasteiger partial charge in [0.1, 0.15) is 0 Å². The predicted octanol–water partition coefficient (Wildman–Crippen LogP) is 2.19. The lowest BCUT2D eigenvalue weighted by Crippen LogP contribution is -2.47. The Kier molecular flexibility index (Phi) is 4.59. The van der Waals surface area contributed by atoms with E-state index in [2.05, 4.69) is 48.7 Å². The Balaban J connectivity index is 1.71. The zero-order valence-electron chi connectivity index (χ0n) is 12.0. The minimum atomic E-state index is 0.0967. The molecule has 1 amide bonds. The summed E-state index contributed by atoms with van der Waals surface area (Å²) in [4.78, 5) is 11.8. The average molecular weight is 260 g/mol. The Bertz CT molecular complexity index is 419. The van der Waals surface area contributed by atoms with E-state index in [9.17, 15) is 4.79 Å². The Labute approximate surface area is 115 Å². The van der Waals surface area contributed by atoms with Gasteiger partial charge in [-0.2, -0.15) is 0 Å². The summed E-state index contributed by atoms with van der Waals surface area (Å²) in [6.07, 6.45) is 3.73. The average Bonchev–Trinajstić information content (AvgIpc) is 2.83. The molecular formula is C16H24N2O. The molecule has 1 saturated heterocycles. The smallest absolute Gasteiger partial charge is 0.220 e. The van der Waals surface area contributed by atoms with Crippen LogP contribution in [0.25, 0.3) is 0 Å². The molecule has 1 fully saturated rings. The summed E-state index contributed by atoms with van der Waals surface area (Å²) in [7, 11) is 0. The van der Waals surface area contributed by atoms with Gasteiger partial charge >= 0.3 is 0 Å². The van der Waals surface area contributed by atoms with Crippen LogP contribution < -0.4 is 10.6 Å². The standard InChI is InChI=1S/C16H24N2O/c1-13-4-6-14(7-5-13)8-9-15(19)17-12-16(2)10-3-11-18-16/h4-7,18H,3,8-12H2,1-2H3,(H,17,19). The maximum atomic E-state index is 11.8.